The summed E-state index contributed by atoms with van der Waals surface area (Å²) in [6.07, 6.45) is 8.02. The Hall–Kier alpha value is -1.36. The third-order valence-electron chi connectivity index (χ3n) is 4.33. The van der Waals surface area contributed by atoms with Gasteiger partial charge in [-0.05, 0) is 45.6 Å². The second kappa shape index (κ2) is 6.39. The van der Waals surface area contributed by atoms with E-state index in [4.69, 9.17) is 4.74 Å². The van der Waals surface area contributed by atoms with Gasteiger partial charge in [0.2, 0.25) is 5.88 Å². The van der Waals surface area contributed by atoms with Crippen LogP contribution < -0.4 is 15.0 Å². The van der Waals surface area contributed by atoms with Crippen molar-refractivity contribution in [3.63, 3.8) is 0 Å². The molecule has 3 heterocycles. The largest absolute Gasteiger partial charge is 0.478 e. The zero-order valence-electron chi connectivity index (χ0n) is 12.2. The molecule has 1 N–H and O–H groups in total. The van der Waals surface area contributed by atoms with Gasteiger partial charge in [0.15, 0.2) is 0 Å². The highest BCUT2D eigenvalue weighted by Crippen LogP contribution is 2.29. The van der Waals surface area contributed by atoms with Crippen molar-refractivity contribution in [2.45, 2.75) is 51.1 Å². The molecule has 1 aromatic heterocycles. The molecular weight excluding hydrogens is 252 g/mol. The molecule has 0 bridgehead atoms. The van der Waals surface area contributed by atoms with E-state index in [2.05, 4.69) is 20.2 Å². The first-order valence-electron chi connectivity index (χ1n) is 7.83. The Balaban J connectivity index is 1.79. The van der Waals surface area contributed by atoms with Gasteiger partial charge < -0.3 is 15.0 Å². The number of anilines is 1. The fourth-order valence-electron chi connectivity index (χ4n) is 3.41. The first kappa shape index (κ1) is 13.6. The Labute approximate surface area is 120 Å². The Bertz CT molecular complexity index is 434. The molecule has 3 rings (SSSR count). The molecule has 2 atom stereocenters. The summed E-state index contributed by atoms with van der Waals surface area (Å²) in [6.45, 7) is 4.87. The monoisotopic (exact) mass is 276 g/mol. The van der Waals surface area contributed by atoms with Crippen LogP contribution in [0.5, 0.6) is 5.88 Å². The molecule has 1 aromatic rings. The van der Waals surface area contributed by atoms with Crippen LogP contribution in [0.15, 0.2) is 12.4 Å². The van der Waals surface area contributed by atoms with Crippen molar-refractivity contribution in [1.29, 1.82) is 0 Å². The van der Waals surface area contributed by atoms with Crippen LogP contribution in [0.25, 0.3) is 0 Å². The number of nitrogens with one attached hydrogen (secondary N) is 1. The molecular formula is C15H24N4O. The number of nitrogens with zero attached hydrogens (tertiary/aromatic N) is 3. The van der Waals surface area contributed by atoms with Crippen molar-refractivity contribution < 1.29 is 4.74 Å². The Morgan fingerprint density at radius 2 is 2.25 bits per heavy atom. The zero-order valence-corrected chi connectivity index (χ0v) is 12.2. The smallest absolute Gasteiger partial charge is 0.218 e. The normalized spacial score (nSPS) is 26.8. The summed E-state index contributed by atoms with van der Waals surface area (Å²) < 4.78 is 5.50. The van der Waals surface area contributed by atoms with Crippen LogP contribution >= 0.6 is 0 Å². The SMILES string of the molecule is CCOc1cc(N2CCCCC2C2CCCN2)ncn1. The molecule has 0 aromatic carbocycles. The maximum atomic E-state index is 5.50. The van der Waals surface area contributed by atoms with E-state index in [0.29, 0.717) is 24.6 Å². The van der Waals surface area contributed by atoms with Gasteiger partial charge in [-0.25, -0.2) is 9.97 Å². The van der Waals surface area contributed by atoms with Gasteiger partial charge in [0, 0.05) is 24.7 Å². The molecule has 2 aliphatic rings. The fraction of sp³-hybridized carbons (Fsp3) is 0.733. The summed E-state index contributed by atoms with van der Waals surface area (Å²) in [5, 5.41) is 3.65. The van der Waals surface area contributed by atoms with Gasteiger partial charge in [0.25, 0.3) is 0 Å². The Morgan fingerprint density at radius 3 is 3.05 bits per heavy atom. The predicted octanol–water partition coefficient (Wildman–Crippen LogP) is 1.99. The van der Waals surface area contributed by atoms with Crippen molar-refractivity contribution in [2.24, 2.45) is 0 Å². The van der Waals surface area contributed by atoms with Crippen LogP contribution in [-0.2, 0) is 0 Å². The summed E-state index contributed by atoms with van der Waals surface area (Å²) >= 11 is 0. The van der Waals surface area contributed by atoms with Gasteiger partial charge in [-0.15, -0.1) is 0 Å². The van der Waals surface area contributed by atoms with Crippen molar-refractivity contribution in [2.75, 3.05) is 24.6 Å². The molecule has 0 saturated carbocycles. The van der Waals surface area contributed by atoms with Gasteiger partial charge >= 0.3 is 0 Å². The van der Waals surface area contributed by atoms with E-state index in [1.54, 1.807) is 6.33 Å². The molecule has 0 aliphatic carbocycles. The first-order valence-corrected chi connectivity index (χ1v) is 7.83. The summed E-state index contributed by atoms with van der Waals surface area (Å²) in [5.74, 6) is 1.70. The molecule has 5 nitrogen and oxygen atoms in total. The molecule has 2 fully saturated rings. The van der Waals surface area contributed by atoms with Crippen LogP contribution in [0, 0.1) is 0 Å². The van der Waals surface area contributed by atoms with Crippen molar-refractivity contribution in [3.8, 4) is 5.88 Å². The van der Waals surface area contributed by atoms with Crippen molar-refractivity contribution in [3.05, 3.63) is 12.4 Å². The molecule has 20 heavy (non-hydrogen) atoms. The topological polar surface area (TPSA) is 50.3 Å². The molecule has 0 spiro atoms. The molecule has 2 saturated heterocycles. The quantitative estimate of drug-likeness (QED) is 0.911. The van der Waals surface area contributed by atoms with Gasteiger partial charge in [0.1, 0.15) is 12.1 Å². The van der Waals surface area contributed by atoms with Crippen LogP contribution in [0.4, 0.5) is 5.82 Å². The number of rotatable bonds is 4. The standard InChI is InChI=1S/C15H24N4O/c1-2-20-15-10-14(17-11-18-15)19-9-4-3-7-13(19)12-6-5-8-16-12/h10-13,16H,2-9H2,1H3. The van der Waals surface area contributed by atoms with Gasteiger partial charge in [-0.2, -0.15) is 0 Å². The van der Waals surface area contributed by atoms with Crippen molar-refractivity contribution >= 4 is 5.82 Å². The van der Waals surface area contributed by atoms with Crippen LogP contribution in [0.2, 0.25) is 0 Å². The van der Waals surface area contributed by atoms with E-state index in [0.717, 1.165) is 18.9 Å². The highest BCUT2D eigenvalue weighted by Gasteiger charge is 2.32. The fourth-order valence-corrected chi connectivity index (χ4v) is 3.41. The second-order valence-corrected chi connectivity index (χ2v) is 5.61. The number of piperidine rings is 1. The van der Waals surface area contributed by atoms with E-state index in [9.17, 15) is 0 Å². The van der Waals surface area contributed by atoms with E-state index in [1.165, 1.54) is 32.1 Å². The summed E-state index contributed by atoms with van der Waals surface area (Å²) in [4.78, 5) is 11.1. The molecule has 2 unspecified atom stereocenters. The van der Waals surface area contributed by atoms with E-state index in [-0.39, 0.29) is 0 Å². The lowest BCUT2D eigenvalue weighted by atomic mass is 9.94. The zero-order chi connectivity index (χ0) is 13.8. The number of hydrogen-bond acceptors (Lipinski definition) is 5. The lowest BCUT2D eigenvalue weighted by Gasteiger charge is -2.40. The number of ether oxygens (including phenoxy) is 1. The minimum Gasteiger partial charge on any atom is -0.478 e. The maximum absolute atomic E-state index is 5.50. The summed E-state index contributed by atoms with van der Waals surface area (Å²) in [6, 6.07) is 3.16. The second-order valence-electron chi connectivity index (χ2n) is 5.61. The molecule has 0 amide bonds. The molecule has 0 radical (unpaired) electrons. The first-order chi connectivity index (χ1) is 9.88. The lowest BCUT2D eigenvalue weighted by Crippen LogP contribution is -2.50. The van der Waals surface area contributed by atoms with Crippen LogP contribution in [0.3, 0.4) is 0 Å². The summed E-state index contributed by atoms with van der Waals surface area (Å²) in [5.41, 5.74) is 0. The minimum atomic E-state index is 0.565. The van der Waals surface area contributed by atoms with E-state index in [1.807, 2.05) is 13.0 Å². The summed E-state index contributed by atoms with van der Waals surface area (Å²) in [7, 11) is 0. The van der Waals surface area contributed by atoms with Gasteiger partial charge in [0.05, 0.1) is 6.61 Å². The van der Waals surface area contributed by atoms with E-state index >= 15 is 0 Å². The predicted molar refractivity (Wildman–Crippen MR) is 79.2 cm³/mol. The van der Waals surface area contributed by atoms with Crippen LogP contribution in [-0.4, -0.2) is 41.7 Å². The maximum Gasteiger partial charge on any atom is 0.218 e. The average Bonchev–Trinajstić information content (AvgIpc) is 3.02. The Morgan fingerprint density at radius 1 is 1.30 bits per heavy atom. The Kier molecular flexibility index (Phi) is 4.35. The van der Waals surface area contributed by atoms with Crippen LogP contribution in [0.1, 0.15) is 39.0 Å². The molecule has 5 heteroatoms. The van der Waals surface area contributed by atoms with E-state index < -0.39 is 0 Å². The third kappa shape index (κ3) is 2.87. The lowest BCUT2D eigenvalue weighted by molar-refractivity contribution is 0.325. The number of hydrogen-bond donors (Lipinski definition) is 1. The minimum absolute atomic E-state index is 0.565. The molecule has 110 valence electrons. The van der Waals surface area contributed by atoms with Gasteiger partial charge in [-0.3, -0.25) is 0 Å². The highest BCUT2D eigenvalue weighted by atomic mass is 16.5. The third-order valence-corrected chi connectivity index (χ3v) is 4.33. The highest BCUT2D eigenvalue weighted by molar-refractivity contribution is 5.43. The number of aromatic nitrogens is 2. The van der Waals surface area contributed by atoms with Gasteiger partial charge in [-0.1, -0.05) is 0 Å². The van der Waals surface area contributed by atoms with Crippen molar-refractivity contribution in [1.82, 2.24) is 15.3 Å². The molecule has 2 aliphatic heterocycles. The average molecular weight is 276 g/mol.